The topological polar surface area (TPSA) is 21.3 Å². The molecule has 1 unspecified atom stereocenters. The fraction of sp³-hybridized carbons (Fsp3) is 1.00. The second-order valence-corrected chi connectivity index (χ2v) is 5.82. The molecule has 0 aromatic carbocycles. The van der Waals surface area contributed by atoms with Crippen LogP contribution in [0.4, 0.5) is 0 Å². The van der Waals surface area contributed by atoms with E-state index >= 15 is 0 Å². The van der Waals surface area contributed by atoms with E-state index in [4.69, 9.17) is 4.74 Å². The van der Waals surface area contributed by atoms with Crippen LogP contribution in [0.1, 0.15) is 40.5 Å². The SMILES string of the molecule is COCC(C)C1(CNC(C)(C)C)CC1. The first-order valence-electron chi connectivity index (χ1n) is 5.64. The Labute approximate surface area is 88.4 Å². The van der Waals surface area contributed by atoms with Gasteiger partial charge < -0.3 is 10.1 Å². The minimum absolute atomic E-state index is 0.238. The van der Waals surface area contributed by atoms with Gasteiger partial charge in [-0.1, -0.05) is 6.92 Å². The first-order chi connectivity index (χ1) is 6.40. The zero-order valence-electron chi connectivity index (χ0n) is 10.3. The van der Waals surface area contributed by atoms with Gasteiger partial charge in [0.2, 0.25) is 0 Å². The Kier molecular flexibility index (Phi) is 3.59. The van der Waals surface area contributed by atoms with Crippen molar-refractivity contribution in [1.29, 1.82) is 0 Å². The summed E-state index contributed by atoms with van der Waals surface area (Å²) in [4.78, 5) is 0. The van der Waals surface area contributed by atoms with Gasteiger partial charge in [-0.3, -0.25) is 0 Å². The molecule has 1 atom stereocenters. The third kappa shape index (κ3) is 3.25. The predicted molar refractivity (Wildman–Crippen MR) is 60.5 cm³/mol. The predicted octanol–water partition coefficient (Wildman–Crippen LogP) is 2.44. The van der Waals surface area contributed by atoms with Crippen LogP contribution in [0.15, 0.2) is 0 Å². The molecule has 14 heavy (non-hydrogen) atoms. The zero-order valence-corrected chi connectivity index (χ0v) is 10.3. The number of ether oxygens (including phenoxy) is 1. The van der Waals surface area contributed by atoms with Gasteiger partial charge in [0.1, 0.15) is 0 Å². The summed E-state index contributed by atoms with van der Waals surface area (Å²) in [6.07, 6.45) is 2.72. The van der Waals surface area contributed by atoms with Crippen molar-refractivity contribution in [2.45, 2.75) is 46.1 Å². The monoisotopic (exact) mass is 199 g/mol. The molecule has 2 nitrogen and oxygen atoms in total. The number of rotatable bonds is 5. The molecule has 2 heteroatoms. The highest BCUT2D eigenvalue weighted by atomic mass is 16.5. The van der Waals surface area contributed by atoms with Crippen LogP contribution in [0.25, 0.3) is 0 Å². The first-order valence-corrected chi connectivity index (χ1v) is 5.64. The molecule has 0 heterocycles. The molecule has 0 aliphatic heterocycles. The molecule has 1 rings (SSSR count). The maximum Gasteiger partial charge on any atom is 0.0493 e. The maximum absolute atomic E-state index is 5.23. The van der Waals surface area contributed by atoms with Crippen LogP contribution in [-0.2, 0) is 4.74 Å². The van der Waals surface area contributed by atoms with Crippen LogP contribution in [-0.4, -0.2) is 25.8 Å². The Hall–Kier alpha value is -0.0800. The van der Waals surface area contributed by atoms with Gasteiger partial charge in [-0.05, 0) is 44.9 Å². The highest BCUT2D eigenvalue weighted by Crippen LogP contribution is 2.51. The summed E-state index contributed by atoms with van der Waals surface area (Å²) in [5, 5.41) is 3.61. The minimum atomic E-state index is 0.238. The molecular formula is C12H25NO. The molecule has 0 aromatic heterocycles. The van der Waals surface area contributed by atoms with Crippen LogP contribution < -0.4 is 5.32 Å². The number of methoxy groups -OCH3 is 1. The molecule has 1 saturated carbocycles. The van der Waals surface area contributed by atoms with Gasteiger partial charge in [-0.25, -0.2) is 0 Å². The quantitative estimate of drug-likeness (QED) is 0.734. The molecule has 1 aliphatic rings. The van der Waals surface area contributed by atoms with E-state index < -0.39 is 0 Å². The highest BCUT2D eigenvalue weighted by molar-refractivity contribution is 4.99. The van der Waals surface area contributed by atoms with E-state index in [1.54, 1.807) is 7.11 Å². The zero-order chi connectivity index (χ0) is 10.8. The van der Waals surface area contributed by atoms with Gasteiger partial charge in [0.15, 0.2) is 0 Å². The number of hydrogen-bond acceptors (Lipinski definition) is 2. The average molecular weight is 199 g/mol. The third-order valence-electron chi connectivity index (χ3n) is 3.33. The molecule has 1 N–H and O–H groups in total. The number of nitrogens with one attached hydrogen (secondary N) is 1. The number of hydrogen-bond donors (Lipinski definition) is 1. The van der Waals surface area contributed by atoms with E-state index in [0.717, 1.165) is 13.2 Å². The highest BCUT2D eigenvalue weighted by Gasteiger charge is 2.47. The van der Waals surface area contributed by atoms with Crippen LogP contribution in [0.2, 0.25) is 0 Å². The van der Waals surface area contributed by atoms with E-state index in [1.165, 1.54) is 12.8 Å². The van der Waals surface area contributed by atoms with Gasteiger partial charge >= 0.3 is 0 Å². The van der Waals surface area contributed by atoms with Gasteiger partial charge in [0, 0.05) is 25.8 Å². The Morgan fingerprint density at radius 3 is 2.29 bits per heavy atom. The molecule has 1 fully saturated rings. The Morgan fingerprint density at radius 2 is 1.93 bits per heavy atom. The van der Waals surface area contributed by atoms with E-state index in [2.05, 4.69) is 33.0 Å². The fourth-order valence-corrected chi connectivity index (χ4v) is 1.87. The average Bonchev–Trinajstić information content (AvgIpc) is 2.80. The van der Waals surface area contributed by atoms with Crippen LogP contribution >= 0.6 is 0 Å². The summed E-state index contributed by atoms with van der Waals surface area (Å²) in [7, 11) is 1.80. The molecule has 0 aromatic rings. The largest absolute Gasteiger partial charge is 0.384 e. The fourth-order valence-electron chi connectivity index (χ4n) is 1.87. The van der Waals surface area contributed by atoms with Crippen molar-refractivity contribution in [2.24, 2.45) is 11.3 Å². The minimum Gasteiger partial charge on any atom is -0.384 e. The lowest BCUT2D eigenvalue weighted by Crippen LogP contribution is -2.41. The lowest BCUT2D eigenvalue weighted by Gasteiger charge is -2.28. The molecule has 0 amide bonds. The summed E-state index contributed by atoms with van der Waals surface area (Å²) in [6, 6.07) is 0. The molecule has 1 aliphatic carbocycles. The van der Waals surface area contributed by atoms with Crippen molar-refractivity contribution in [3.05, 3.63) is 0 Å². The molecule has 84 valence electrons. The van der Waals surface area contributed by atoms with Crippen LogP contribution in [0.5, 0.6) is 0 Å². The smallest absolute Gasteiger partial charge is 0.0493 e. The summed E-state index contributed by atoms with van der Waals surface area (Å²) >= 11 is 0. The molecule has 0 spiro atoms. The summed E-state index contributed by atoms with van der Waals surface area (Å²) in [6.45, 7) is 11.0. The molecule has 0 saturated heterocycles. The van der Waals surface area contributed by atoms with Gasteiger partial charge in [0.05, 0.1) is 0 Å². The Bertz CT molecular complexity index is 179. The van der Waals surface area contributed by atoms with Crippen molar-refractivity contribution >= 4 is 0 Å². The maximum atomic E-state index is 5.23. The first kappa shape index (κ1) is 12.0. The standard InChI is InChI=1S/C12H25NO/c1-10(8-14-5)12(6-7-12)9-13-11(2,3)4/h10,13H,6-9H2,1-5H3. The normalized spacial score (nSPS) is 22.1. The van der Waals surface area contributed by atoms with Gasteiger partial charge in [-0.2, -0.15) is 0 Å². The summed E-state index contributed by atoms with van der Waals surface area (Å²) in [5.41, 5.74) is 0.770. The van der Waals surface area contributed by atoms with Crippen molar-refractivity contribution in [3.63, 3.8) is 0 Å². The third-order valence-corrected chi connectivity index (χ3v) is 3.33. The van der Waals surface area contributed by atoms with Crippen molar-refractivity contribution in [2.75, 3.05) is 20.3 Å². The lowest BCUT2D eigenvalue weighted by atomic mass is 9.90. The molecular weight excluding hydrogens is 174 g/mol. The Morgan fingerprint density at radius 1 is 1.36 bits per heavy atom. The van der Waals surface area contributed by atoms with Gasteiger partial charge in [0.25, 0.3) is 0 Å². The molecule has 0 bridgehead atoms. The second-order valence-electron chi connectivity index (χ2n) is 5.82. The van der Waals surface area contributed by atoms with E-state index in [9.17, 15) is 0 Å². The van der Waals surface area contributed by atoms with Crippen LogP contribution in [0, 0.1) is 11.3 Å². The van der Waals surface area contributed by atoms with Gasteiger partial charge in [-0.15, -0.1) is 0 Å². The summed E-state index contributed by atoms with van der Waals surface area (Å²) < 4.78 is 5.23. The van der Waals surface area contributed by atoms with Crippen LogP contribution in [0.3, 0.4) is 0 Å². The van der Waals surface area contributed by atoms with E-state index in [-0.39, 0.29) is 5.54 Å². The van der Waals surface area contributed by atoms with Crippen molar-refractivity contribution in [3.8, 4) is 0 Å². The lowest BCUT2D eigenvalue weighted by molar-refractivity contribution is 0.117. The van der Waals surface area contributed by atoms with E-state index in [1.807, 2.05) is 0 Å². The van der Waals surface area contributed by atoms with Crippen molar-refractivity contribution < 1.29 is 4.74 Å². The molecule has 0 radical (unpaired) electrons. The van der Waals surface area contributed by atoms with E-state index in [0.29, 0.717) is 11.3 Å². The Balaban J connectivity index is 2.35. The summed E-state index contributed by atoms with van der Waals surface area (Å²) in [5.74, 6) is 0.683. The second kappa shape index (κ2) is 4.19. The van der Waals surface area contributed by atoms with Crippen molar-refractivity contribution in [1.82, 2.24) is 5.32 Å².